The van der Waals surface area contributed by atoms with Gasteiger partial charge in [-0.05, 0) is 24.6 Å². The maximum Gasteiger partial charge on any atom is 0.152 e. The van der Waals surface area contributed by atoms with Crippen molar-refractivity contribution in [3.8, 4) is 0 Å². The summed E-state index contributed by atoms with van der Waals surface area (Å²) in [5.74, 6) is -3.74. The first-order valence-electron chi connectivity index (χ1n) is 5.74. The molecule has 1 unspecified atom stereocenters. The number of benzene rings is 2. The van der Waals surface area contributed by atoms with Gasteiger partial charge in [0.05, 0.1) is 5.02 Å². The van der Waals surface area contributed by atoms with Crippen molar-refractivity contribution >= 4 is 17.3 Å². The summed E-state index contributed by atoms with van der Waals surface area (Å²) in [6, 6.07) is 4.60. The molecule has 1 N–H and O–H groups in total. The molecule has 0 bridgehead atoms. The summed E-state index contributed by atoms with van der Waals surface area (Å²) < 4.78 is 53.1. The molecule has 0 aromatic heterocycles. The largest absolute Gasteiger partial charge is 0.374 e. The molecule has 0 amide bonds. The number of hydrogen-bond acceptors (Lipinski definition) is 1. The quantitative estimate of drug-likeness (QED) is 0.781. The Bertz CT molecular complexity index is 622. The SMILES string of the molecule is CC(Nc1c(F)cc(F)cc1F)c1ccc(Cl)c(F)c1. The lowest BCUT2D eigenvalue weighted by Gasteiger charge is -2.17. The summed E-state index contributed by atoms with van der Waals surface area (Å²) in [5.41, 5.74) is -0.00992. The van der Waals surface area contributed by atoms with Gasteiger partial charge in [-0.3, -0.25) is 0 Å². The molecule has 0 aliphatic carbocycles. The van der Waals surface area contributed by atoms with Crippen LogP contribution in [-0.2, 0) is 0 Å². The molecule has 0 aliphatic rings. The average Bonchev–Trinajstić information content (AvgIpc) is 2.36. The number of anilines is 1. The van der Waals surface area contributed by atoms with E-state index in [1.165, 1.54) is 18.2 Å². The number of halogens is 5. The van der Waals surface area contributed by atoms with Gasteiger partial charge < -0.3 is 5.32 Å². The Labute approximate surface area is 118 Å². The maximum atomic E-state index is 13.5. The molecular formula is C14H10ClF4N. The topological polar surface area (TPSA) is 12.0 Å². The molecule has 2 rings (SSSR count). The minimum Gasteiger partial charge on any atom is -0.374 e. The average molecular weight is 304 g/mol. The fourth-order valence-corrected chi connectivity index (χ4v) is 1.88. The first-order chi connectivity index (χ1) is 9.38. The highest BCUT2D eigenvalue weighted by Crippen LogP contribution is 2.27. The van der Waals surface area contributed by atoms with Gasteiger partial charge in [0.1, 0.15) is 17.3 Å². The van der Waals surface area contributed by atoms with Crippen molar-refractivity contribution in [2.75, 3.05) is 5.32 Å². The minimum atomic E-state index is -1.05. The monoisotopic (exact) mass is 303 g/mol. The van der Waals surface area contributed by atoms with Gasteiger partial charge in [0.2, 0.25) is 0 Å². The van der Waals surface area contributed by atoms with Gasteiger partial charge in [-0.2, -0.15) is 0 Å². The summed E-state index contributed by atoms with van der Waals surface area (Å²) in [7, 11) is 0. The molecule has 20 heavy (non-hydrogen) atoms. The first kappa shape index (κ1) is 14.7. The highest BCUT2D eigenvalue weighted by molar-refractivity contribution is 6.30. The third kappa shape index (κ3) is 3.04. The Kier molecular flexibility index (Phi) is 4.18. The second-order valence-electron chi connectivity index (χ2n) is 4.28. The highest BCUT2D eigenvalue weighted by atomic mass is 35.5. The Morgan fingerprint density at radius 1 is 0.950 bits per heavy atom. The van der Waals surface area contributed by atoms with Crippen molar-refractivity contribution in [2.24, 2.45) is 0 Å². The minimum absolute atomic E-state index is 0.0416. The van der Waals surface area contributed by atoms with Gasteiger partial charge in [-0.1, -0.05) is 17.7 Å². The van der Waals surface area contributed by atoms with Crippen LogP contribution in [0.15, 0.2) is 30.3 Å². The van der Waals surface area contributed by atoms with Crippen molar-refractivity contribution in [1.82, 2.24) is 0 Å². The van der Waals surface area contributed by atoms with Crippen LogP contribution in [0, 0.1) is 23.3 Å². The molecule has 0 spiro atoms. The molecule has 0 saturated heterocycles. The van der Waals surface area contributed by atoms with Crippen LogP contribution < -0.4 is 5.32 Å². The van der Waals surface area contributed by atoms with E-state index in [2.05, 4.69) is 5.32 Å². The Balaban J connectivity index is 2.27. The Morgan fingerprint density at radius 2 is 1.55 bits per heavy atom. The zero-order chi connectivity index (χ0) is 14.9. The smallest absolute Gasteiger partial charge is 0.152 e. The van der Waals surface area contributed by atoms with Crippen molar-refractivity contribution in [2.45, 2.75) is 13.0 Å². The Morgan fingerprint density at radius 3 is 2.10 bits per heavy atom. The lowest BCUT2D eigenvalue weighted by Crippen LogP contribution is -2.10. The molecule has 1 atom stereocenters. The summed E-state index contributed by atoms with van der Waals surface area (Å²) in [5, 5.41) is 2.50. The molecule has 2 aromatic carbocycles. The van der Waals surface area contributed by atoms with Crippen LogP contribution in [0.5, 0.6) is 0 Å². The third-order valence-electron chi connectivity index (χ3n) is 2.81. The van der Waals surface area contributed by atoms with Gasteiger partial charge in [0, 0.05) is 18.2 Å². The van der Waals surface area contributed by atoms with E-state index in [0.717, 1.165) is 0 Å². The number of nitrogens with one attached hydrogen (secondary N) is 1. The lowest BCUT2D eigenvalue weighted by molar-refractivity contribution is 0.545. The summed E-state index contributed by atoms with van der Waals surface area (Å²) in [4.78, 5) is 0. The lowest BCUT2D eigenvalue weighted by atomic mass is 10.1. The second-order valence-corrected chi connectivity index (χ2v) is 4.69. The van der Waals surface area contributed by atoms with E-state index in [9.17, 15) is 17.6 Å². The van der Waals surface area contributed by atoms with Crippen molar-refractivity contribution in [3.63, 3.8) is 0 Å². The van der Waals surface area contributed by atoms with Crippen LogP contribution >= 0.6 is 11.6 Å². The highest BCUT2D eigenvalue weighted by Gasteiger charge is 2.15. The maximum absolute atomic E-state index is 13.5. The van der Waals surface area contributed by atoms with E-state index < -0.39 is 35.0 Å². The molecule has 0 heterocycles. The summed E-state index contributed by atoms with van der Waals surface area (Å²) in [6.07, 6.45) is 0. The van der Waals surface area contributed by atoms with E-state index in [1.807, 2.05) is 0 Å². The van der Waals surface area contributed by atoms with Gasteiger partial charge in [-0.25, -0.2) is 17.6 Å². The van der Waals surface area contributed by atoms with Crippen LogP contribution in [0.3, 0.4) is 0 Å². The summed E-state index contributed by atoms with van der Waals surface area (Å²) in [6.45, 7) is 1.59. The zero-order valence-electron chi connectivity index (χ0n) is 10.4. The van der Waals surface area contributed by atoms with Crippen LogP contribution in [0.4, 0.5) is 23.2 Å². The zero-order valence-corrected chi connectivity index (χ0v) is 11.1. The molecule has 0 aliphatic heterocycles. The van der Waals surface area contributed by atoms with Gasteiger partial charge >= 0.3 is 0 Å². The van der Waals surface area contributed by atoms with E-state index in [0.29, 0.717) is 17.7 Å². The van der Waals surface area contributed by atoms with Gasteiger partial charge in [0.15, 0.2) is 11.6 Å². The summed E-state index contributed by atoms with van der Waals surface area (Å²) >= 11 is 5.56. The predicted molar refractivity (Wildman–Crippen MR) is 69.8 cm³/mol. The van der Waals surface area contributed by atoms with Gasteiger partial charge in [0.25, 0.3) is 0 Å². The van der Waals surface area contributed by atoms with Crippen LogP contribution in [-0.4, -0.2) is 0 Å². The van der Waals surface area contributed by atoms with E-state index >= 15 is 0 Å². The Hall–Kier alpha value is -1.75. The van der Waals surface area contributed by atoms with Crippen LogP contribution in [0.1, 0.15) is 18.5 Å². The molecule has 0 radical (unpaired) electrons. The molecule has 6 heteroatoms. The number of hydrogen-bond donors (Lipinski definition) is 1. The van der Waals surface area contributed by atoms with E-state index in [4.69, 9.17) is 11.6 Å². The van der Waals surface area contributed by atoms with Crippen molar-refractivity contribution in [3.05, 3.63) is 64.2 Å². The van der Waals surface area contributed by atoms with Crippen molar-refractivity contribution in [1.29, 1.82) is 0 Å². The van der Waals surface area contributed by atoms with E-state index in [1.54, 1.807) is 6.92 Å². The number of rotatable bonds is 3. The standard InChI is InChI=1S/C14H10ClF4N/c1-7(8-2-3-10(15)11(17)4-8)20-14-12(18)5-9(16)6-13(14)19/h2-7,20H,1H3. The molecule has 2 aromatic rings. The predicted octanol–water partition coefficient (Wildman–Crippen LogP) is 5.07. The fourth-order valence-electron chi connectivity index (χ4n) is 1.76. The van der Waals surface area contributed by atoms with Crippen molar-refractivity contribution < 1.29 is 17.6 Å². The van der Waals surface area contributed by atoms with Crippen LogP contribution in [0.25, 0.3) is 0 Å². The normalized spacial score (nSPS) is 12.3. The molecular weight excluding hydrogens is 294 g/mol. The molecule has 0 fully saturated rings. The van der Waals surface area contributed by atoms with E-state index in [-0.39, 0.29) is 5.02 Å². The van der Waals surface area contributed by atoms with Crippen LogP contribution in [0.2, 0.25) is 5.02 Å². The first-order valence-corrected chi connectivity index (χ1v) is 6.12. The molecule has 0 saturated carbocycles. The molecule has 106 valence electrons. The second kappa shape index (κ2) is 5.71. The van der Waals surface area contributed by atoms with Gasteiger partial charge in [-0.15, -0.1) is 0 Å². The third-order valence-corrected chi connectivity index (χ3v) is 3.12. The fraction of sp³-hybridized carbons (Fsp3) is 0.143. The molecule has 1 nitrogen and oxygen atoms in total.